The van der Waals surface area contributed by atoms with Gasteiger partial charge < -0.3 is 20.9 Å². The number of methoxy groups -OCH3 is 1. The van der Waals surface area contributed by atoms with Gasteiger partial charge >= 0.3 is 5.97 Å². The molecular formula is C10H20N2O4. The molecule has 94 valence electrons. The van der Waals surface area contributed by atoms with Gasteiger partial charge in [-0.2, -0.15) is 0 Å². The predicted molar refractivity (Wildman–Crippen MR) is 58.9 cm³/mol. The first kappa shape index (κ1) is 14.9. The van der Waals surface area contributed by atoms with E-state index in [2.05, 4.69) is 5.32 Å². The highest BCUT2D eigenvalue weighted by molar-refractivity contribution is 5.87. The third-order valence-corrected chi connectivity index (χ3v) is 2.16. The Morgan fingerprint density at radius 2 is 1.94 bits per heavy atom. The minimum Gasteiger partial charge on any atom is -0.480 e. The maximum atomic E-state index is 11.6. The fraction of sp³-hybridized carbons (Fsp3) is 0.800. The summed E-state index contributed by atoms with van der Waals surface area (Å²) in [7, 11) is 1.37. The van der Waals surface area contributed by atoms with Gasteiger partial charge in [-0.05, 0) is 5.41 Å². The molecule has 0 aliphatic carbocycles. The molecule has 0 saturated carbocycles. The van der Waals surface area contributed by atoms with Crippen molar-refractivity contribution in [1.29, 1.82) is 0 Å². The third kappa shape index (κ3) is 4.59. The van der Waals surface area contributed by atoms with Crippen LogP contribution in [0.3, 0.4) is 0 Å². The van der Waals surface area contributed by atoms with Gasteiger partial charge in [0.2, 0.25) is 5.91 Å². The Bertz CT molecular complexity index is 260. The number of ether oxygens (including phenoxy) is 1. The van der Waals surface area contributed by atoms with Crippen molar-refractivity contribution in [3.8, 4) is 0 Å². The van der Waals surface area contributed by atoms with Gasteiger partial charge in [0.1, 0.15) is 0 Å². The van der Waals surface area contributed by atoms with Crippen molar-refractivity contribution in [3.63, 3.8) is 0 Å². The van der Waals surface area contributed by atoms with Crippen molar-refractivity contribution in [1.82, 2.24) is 5.32 Å². The van der Waals surface area contributed by atoms with Crippen LogP contribution in [0.1, 0.15) is 20.8 Å². The summed E-state index contributed by atoms with van der Waals surface area (Å²) in [5.74, 6) is -1.63. The number of carbonyl (C=O) groups excluding carboxylic acids is 1. The van der Waals surface area contributed by atoms with E-state index in [0.29, 0.717) is 0 Å². The fourth-order valence-electron chi connectivity index (χ4n) is 0.996. The second-order valence-electron chi connectivity index (χ2n) is 4.70. The number of rotatable bonds is 5. The molecule has 0 aromatic heterocycles. The van der Waals surface area contributed by atoms with Crippen LogP contribution in [0, 0.1) is 5.41 Å². The predicted octanol–water partition coefficient (Wildman–Crippen LogP) is -0.424. The summed E-state index contributed by atoms with van der Waals surface area (Å²) in [4.78, 5) is 22.4. The molecule has 6 heteroatoms. The van der Waals surface area contributed by atoms with Gasteiger partial charge in [0.15, 0.2) is 6.04 Å². The van der Waals surface area contributed by atoms with E-state index in [-0.39, 0.29) is 6.61 Å². The zero-order chi connectivity index (χ0) is 12.9. The van der Waals surface area contributed by atoms with Gasteiger partial charge in [0, 0.05) is 7.11 Å². The normalized spacial score (nSPS) is 15.3. The van der Waals surface area contributed by atoms with E-state index < -0.39 is 29.4 Å². The van der Waals surface area contributed by atoms with Crippen molar-refractivity contribution in [2.24, 2.45) is 11.1 Å². The van der Waals surface area contributed by atoms with Gasteiger partial charge in [-0.3, -0.25) is 4.79 Å². The van der Waals surface area contributed by atoms with Crippen molar-refractivity contribution >= 4 is 11.9 Å². The summed E-state index contributed by atoms with van der Waals surface area (Å²) in [5, 5.41) is 11.1. The molecule has 1 amide bonds. The number of carbonyl (C=O) groups is 2. The van der Waals surface area contributed by atoms with Crippen LogP contribution in [0.15, 0.2) is 0 Å². The van der Waals surface area contributed by atoms with Crippen LogP contribution in [-0.2, 0) is 14.3 Å². The smallest absolute Gasteiger partial charge is 0.328 e. The molecule has 2 atom stereocenters. The lowest BCUT2D eigenvalue weighted by Gasteiger charge is -2.27. The molecule has 0 aromatic carbocycles. The number of aliphatic carboxylic acids is 1. The molecular weight excluding hydrogens is 212 g/mol. The molecule has 0 heterocycles. The van der Waals surface area contributed by atoms with E-state index in [1.54, 1.807) is 0 Å². The van der Waals surface area contributed by atoms with Crippen LogP contribution in [0.25, 0.3) is 0 Å². The monoisotopic (exact) mass is 232 g/mol. The minimum atomic E-state index is -1.14. The molecule has 1 unspecified atom stereocenters. The number of amides is 1. The average Bonchev–Trinajstić information content (AvgIpc) is 2.14. The highest BCUT2D eigenvalue weighted by Crippen LogP contribution is 2.17. The van der Waals surface area contributed by atoms with Crippen LogP contribution < -0.4 is 11.1 Å². The fourth-order valence-corrected chi connectivity index (χ4v) is 0.996. The van der Waals surface area contributed by atoms with Crippen LogP contribution in [0.4, 0.5) is 0 Å². The summed E-state index contributed by atoms with van der Waals surface area (Å²) in [6.07, 6.45) is 0. The number of carboxylic acids is 1. The quantitative estimate of drug-likeness (QED) is 0.597. The van der Waals surface area contributed by atoms with E-state index >= 15 is 0 Å². The average molecular weight is 232 g/mol. The van der Waals surface area contributed by atoms with Crippen LogP contribution >= 0.6 is 0 Å². The molecule has 0 aliphatic rings. The van der Waals surface area contributed by atoms with Gasteiger partial charge in [-0.15, -0.1) is 0 Å². The van der Waals surface area contributed by atoms with Crippen LogP contribution in [0.5, 0.6) is 0 Å². The lowest BCUT2D eigenvalue weighted by Crippen LogP contribution is -2.54. The molecule has 4 N–H and O–H groups in total. The van der Waals surface area contributed by atoms with Gasteiger partial charge in [0.25, 0.3) is 0 Å². The Labute approximate surface area is 95.1 Å². The molecule has 0 fully saturated rings. The van der Waals surface area contributed by atoms with Crippen LogP contribution in [-0.4, -0.2) is 42.8 Å². The molecule has 0 aromatic rings. The van der Waals surface area contributed by atoms with Crippen molar-refractivity contribution in [2.75, 3.05) is 13.7 Å². The topological polar surface area (TPSA) is 102 Å². The van der Waals surface area contributed by atoms with E-state index in [9.17, 15) is 9.59 Å². The minimum absolute atomic E-state index is 0.0854. The lowest BCUT2D eigenvalue weighted by molar-refractivity contribution is -0.143. The van der Waals surface area contributed by atoms with Crippen molar-refractivity contribution in [2.45, 2.75) is 32.9 Å². The van der Waals surface area contributed by atoms with Gasteiger partial charge in [0.05, 0.1) is 12.6 Å². The number of carboxylic acid groups (broad SMARTS) is 1. The molecule has 16 heavy (non-hydrogen) atoms. The Balaban J connectivity index is 4.46. The zero-order valence-electron chi connectivity index (χ0n) is 10.1. The Hall–Kier alpha value is -1.14. The summed E-state index contributed by atoms with van der Waals surface area (Å²) >= 11 is 0. The number of nitrogens with one attached hydrogen (secondary N) is 1. The molecule has 0 saturated heterocycles. The Morgan fingerprint density at radius 3 is 2.25 bits per heavy atom. The Kier molecular flexibility index (Phi) is 5.40. The van der Waals surface area contributed by atoms with Gasteiger partial charge in [-0.1, -0.05) is 20.8 Å². The second-order valence-corrected chi connectivity index (χ2v) is 4.70. The third-order valence-electron chi connectivity index (χ3n) is 2.16. The standard InChI is InChI=1S/C10H20N2O4/c1-10(2,3)7(11)8(13)12-6(5-16-4)9(14)15/h6-7H,5,11H2,1-4H3,(H,12,13)(H,14,15)/t6?,7-/m0/s1. The molecule has 0 rings (SSSR count). The summed E-state index contributed by atoms with van der Waals surface area (Å²) in [6, 6.07) is -1.82. The molecule has 0 spiro atoms. The van der Waals surface area contributed by atoms with E-state index in [1.807, 2.05) is 20.8 Å². The van der Waals surface area contributed by atoms with E-state index in [0.717, 1.165) is 0 Å². The van der Waals surface area contributed by atoms with Crippen molar-refractivity contribution < 1.29 is 19.4 Å². The summed E-state index contributed by atoms with van der Waals surface area (Å²) in [5.41, 5.74) is 5.28. The number of nitrogens with two attached hydrogens (primary N) is 1. The molecule has 6 nitrogen and oxygen atoms in total. The zero-order valence-corrected chi connectivity index (χ0v) is 10.1. The first-order chi connectivity index (χ1) is 7.20. The first-order valence-electron chi connectivity index (χ1n) is 4.98. The lowest BCUT2D eigenvalue weighted by atomic mass is 9.87. The highest BCUT2D eigenvalue weighted by atomic mass is 16.5. The summed E-state index contributed by atoms with van der Waals surface area (Å²) in [6.45, 7) is 5.34. The van der Waals surface area contributed by atoms with E-state index in [1.165, 1.54) is 7.11 Å². The van der Waals surface area contributed by atoms with Gasteiger partial charge in [-0.25, -0.2) is 4.79 Å². The summed E-state index contributed by atoms with van der Waals surface area (Å²) < 4.78 is 4.70. The Morgan fingerprint density at radius 1 is 1.44 bits per heavy atom. The SMILES string of the molecule is COCC(NC(=O)[C@H](N)C(C)(C)C)C(=O)O. The largest absolute Gasteiger partial charge is 0.480 e. The highest BCUT2D eigenvalue weighted by Gasteiger charge is 2.30. The molecule has 0 bridgehead atoms. The maximum absolute atomic E-state index is 11.6. The maximum Gasteiger partial charge on any atom is 0.328 e. The second kappa shape index (κ2) is 5.81. The number of hydrogen-bond donors (Lipinski definition) is 3. The first-order valence-corrected chi connectivity index (χ1v) is 4.98. The number of hydrogen-bond acceptors (Lipinski definition) is 4. The van der Waals surface area contributed by atoms with E-state index in [4.69, 9.17) is 15.6 Å². The molecule has 0 aliphatic heterocycles. The van der Waals surface area contributed by atoms with Crippen LogP contribution in [0.2, 0.25) is 0 Å². The molecule has 0 radical (unpaired) electrons. The van der Waals surface area contributed by atoms with Crippen molar-refractivity contribution in [3.05, 3.63) is 0 Å².